The van der Waals surface area contributed by atoms with Crippen LogP contribution in [-0.4, -0.2) is 12.9 Å². The van der Waals surface area contributed by atoms with E-state index in [-0.39, 0.29) is 32.5 Å². The Balaban J connectivity index is 0.000000589. The summed E-state index contributed by atoms with van der Waals surface area (Å²) in [6.07, 6.45) is 0. The molecule has 438 valence electrons. The molecule has 0 N–H and O–H groups in total. The first-order valence-corrected chi connectivity index (χ1v) is 32.5. The van der Waals surface area contributed by atoms with Crippen molar-refractivity contribution in [1.29, 1.82) is 0 Å². The Labute approximate surface area is 546 Å². The van der Waals surface area contributed by atoms with E-state index in [1.807, 2.05) is 0 Å². The van der Waals surface area contributed by atoms with E-state index in [4.69, 9.17) is 104 Å². The molecule has 0 aliphatic heterocycles. The van der Waals surface area contributed by atoms with Crippen molar-refractivity contribution in [3.8, 4) is 22.3 Å². The minimum Gasteiger partial charge on any atom is -0.289 e. The molecule has 0 radical (unpaired) electrons. The fourth-order valence-corrected chi connectivity index (χ4v) is 13.3. The van der Waals surface area contributed by atoms with Gasteiger partial charge in [0.25, 0.3) is 0 Å². The molecule has 0 saturated heterocycles. The van der Waals surface area contributed by atoms with E-state index >= 15 is 9.59 Å². The van der Waals surface area contributed by atoms with Crippen LogP contribution in [0, 0.1) is 0 Å². The molecule has 14 aromatic carbocycles. The van der Waals surface area contributed by atoms with Crippen molar-refractivity contribution in [3.05, 3.63) is 188 Å². The van der Waals surface area contributed by atoms with Crippen LogP contribution < -0.4 is 10.9 Å². The maximum atomic E-state index is 16.7. The highest BCUT2D eigenvalue weighted by molar-refractivity contribution is 6.64. The average Bonchev–Trinajstić information content (AvgIpc) is 0.653. The second kappa shape index (κ2) is 22.8. The van der Waals surface area contributed by atoms with Crippen LogP contribution in [-0.2, 0) is 21.7 Å². The van der Waals surface area contributed by atoms with E-state index in [1.165, 1.54) is 22.3 Å². The average molecular weight is 1320 g/mol. The molecule has 0 unspecified atom stereocenters. The topological polar surface area (TPSA) is 34.1 Å². The van der Waals surface area contributed by atoms with Gasteiger partial charge in [0, 0.05) is 65.0 Å². The summed E-state index contributed by atoms with van der Waals surface area (Å²) in [5.74, 6) is 0. The van der Waals surface area contributed by atoms with Crippen molar-refractivity contribution in [2.45, 2.75) is 118 Å². The molecule has 0 aromatic heterocycles. The fraction of sp³-hybridized carbons (Fsp3) is 0.253. The van der Waals surface area contributed by atoms with Crippen LogP contribution in [0.2, 0.25) is 0 Å². The summed E-state index contributed by atoms with van der Waals surface area (Å²) in [4.78, 5) is 33.5. The van der Waals surface area contributed by atoms with Gasteiger partial charge in [-0.2, -0.15) is 0 Å². The molecule has 0 amide bonds. The lowest BCUT2D eigenvalue weighted by Gasteiger charge is -2.29. The van der Waals surface area contributed by atoms with E-state index in [9.17, 15) is 0 Å². The molecule has 0 saturated carbocycles. The molecule has 2 nitrogen and oxygen atoms in total. The zero-order valence-electron chi connectivity index (χ0n) is 49.8. The molecule has 14 rings (SSSR count). The van der Waals surface area contributed by atoms with Gasteiger partial charge < -0.3 is 0 Å². The number of hydrogen-bond donors (Lipinski definition) is 0. The normalized spacial score (nSPS) is 12.9. The number of benzene rings is 14. The lowest BCUT2D eigenvalue weighted by Crippen LogP contribution is -2.17. The van der Waals surface area contributed by atoms with Gasteiger partial charge >= 0.3 is 0 Å². The van der Waals surface area contributed by atoms with Crippen molar-refractivity contribution in [2.24, 2.45) is 0 Å². The predicted molar refractivity (Wildman–Crippen MR) is 386 cm³/mol. The summed E-state index contributed by atoms with van der Waals surface area (Å²) >= 11 is 43.3. The van der Waals surface area contributed by atoms with Crippen LogP contribution >= 0.6 is 104 Å². The smallest absolute Gasteiger partial charge is 0.194 e. The lowest BCUT2D eigenvalue weighted by atomic mass is 9.73. The molecule has 0 aliphatic rings. The minimum atomic E-state index is -0.750. The van der Waals surface area contributed by atoms with Crippen LogP contribution in [0.5, 0.6) is 0 Å². The Morgan fingerprint density at radius 1 is 0.256 bits per heavy atom. The number of hydrogen-bond acceptors (Lipinski definition) is 2. The highest BCUT2D eigenvalue weighted by Crippen LogP contribution is 2.58. The Hall–Kier alpha value is -5.07. The zero-order valence-corrected chi connectivity index (χ0v) is 56.6. The van der Waals surface area contributed by atoms with Crippen molar-refractivity contribution in [2.75, 3.05) is 0 Å². The summed E-state index contributed by atoms with van der Waals surface area (Å²) in [5.41, 5.74) is 8.48. The molecule has 86 heavy (non-hydrogen) atoms. The quantitative estimate of drug-likeness (QED) is 0.0982. The molecular weight excluding hydrogens is 1250 g/mol. The maximum Gasteiger partial charge on any atom is 0.194 e. The summed E-state index contributed by atoms with van der Waals surface area (Å²) in [6.45, 7) is 27.5. The van der Waals surface area contributed by atoms with Crippen LogP contribution in [0.25, 0.3) is 141 Å². The highest BCUT2D eigenvalue weighted by Gasteiger charge is 2.34. The van der Waals surface area contributed by atoms with Gasteiger partial charge in [-0.1, -0.05) is 321 Å². The van der Waals surface area contributed by atoms with Gasteiger partial charge in [0.1, 0.15) is 0 Å². The second-order valence-electron chi connectivity index (χ2n) is 26.6. The van der Waals surface area contributed by atoms with Crippen LogP contribution in [0.15, 0.2) is 155 Å². The highest BCUT2D eigenvalue weighted by atomic mass is 35.6. The summed E-state index contributed by atoms with van der Waals surface area (Å²) in [7, 11) is 0. The van der Waals surface area contributed by atoms with Gasteiger partial charge in [0.2, 0.25) is 0 Å². The maximum absolute atomic E-state index is 16.7. The van der Waals surface area contributed by atoms with E-state index in [1.54, 1.807) is 0 Å². The number of alkyl halides is 9. The first kappa shape index (κ1) is 62.5. The molecular formula is C75H63Cl9O2. The van der Waals surface area contributed by atoms with Crippen molar-refractivity contribution in [3.63, 3.8) is 0 Å². The molecule has 0 atom stereocenters. The molecule has 0 spiro atoms. The van der Waals surface area contributed by atoms with Gasteiger partial charge in [0.05, 0.1) is 0 Å². The molecule has 0 heterocycles. The predicted octanol–water partition coefficient (Wildman–Crippen LogP) is 25.3. The largest absolute Gasteiger partial charge is 0.289 e. The fourth-order valence-electron chi connectivity index (χ4n) is 13.3. The Morgan fingerprint density at radius 2 is 0.477 bits per heavy atom. The van der Waals surface area contributed by atoms with Gasteiger partial charge in [-0.25, -0.2) is 0 Å². The Kier molecular flexibility index (Phi) is 16.5. The van der Waals surface area contributed by atoms with E-state index < -0.39 is 12.9 Å². The number of halogens is 9. The standard InChI is InChI=1S/C72H60O2.3CHCl3/c1-69(2,3)41-29-39(30-42(35-41)70(4,5)6)53-47-25-17-19-27-49(47)57-55-45-23-15-14-22-38(45)34-52-60(55)62-61-59-51(67(73)65(53)63(57)61)33-37-21-13-16-24-46(37)56(59)58-50-28-20-18-26-48(50)54(66(64(58)62)68(52)74)40-31-43(71(7,8)9)36-44(32-40)72(10,11)12;3*2-1(3)4/h13-36H,1-12H3;3*1H. The van der Waals surface area contributed by atoms with Gasteiger partial charge in [-0.15, -0.1) is 0 Å². The van der Waals surface area contributed by atoms with Gasteiger partial charge in [-0.05, 0) is 132 Å². The third-order valence-electron chi connectivity index (χ3n) is 17.1. The first-order valence-electron chi connectivity index (χ1n) is 28.6. The second-order valence-corrected chi connectivity index (χ2v) is 32.6. The zero-order chi connectivity index (χ0) is 62.2. The van der Waals surface area contributed by atoms with E-state index in [0.717, 1.165) is 141 Å². The Morgan fingerprint density at radius 3 is 0.756 bits per heavy atom. The first-order chi connectivity index (χ1) is 40.3. The number of rotatable bonds is 2. The monoisotopic (exact) mass is 1310 g/mol. The lowest BCUT2D eigenvalue weighted by molar-refractivity contribution is 0.568. The van der Waals surface area contributed by atoms with Crippen molar-refractivity contribution in [1.82, 2.24) is 0 Å². The van der Waals surface area contributed by atoms with E-state index in [0.29, 0.717) is 0 Å². The van der Waals surface area contributed by atoms with Crippen molar-refractivity contribution >= 4 is 223 Å². The minimum absolute atomic E-state index is 0.0425. The summed E-state index contributed by atoms with van der Waals surface area (Å²) in [5, 5.41) is 21.6. The third kappa shape index (κ3) is 10.8. The molecule has 0 fully saturated rings. The molecule has 0 aliphatic carbocycles. The molecule has 14 aromatic rings. The van der Waals surface area contributed by atoms with Crippen LogP contribution in [0.1, 0.15) is 105 Å². The molecule has 0 bridgehead atoms. The van der Waals surface area contributed by atoms with Gasteiger partial charge in [0.15, 0.2) is 23.7 Å². The third-order valence-corrected chi connectivity index (χ3v) is 17.1. The Bertz CT molecular complexity index is 4700. The van der Waals surface area contributed by atoms with E-state index in [2.05, 4.69) is 229 Å². The van der Waals surface area contributed by atoms with Crippen molar-refractivity contribution < 1.29 is 0 Å². The summed E-state index contributed by atoms with van der Waals surface area (Å²) in [6, 6.07) is 53.3. The SMILES string of the molecule is CC(C)(C)c1cc(-c2c3ccccc3c3c4c2c(=O)c2cc5ccccc5c5c2c4c2c4c(cc6ccccc6c43)c(=O)c3c(-c4cc(C(C)(C)C)cc(C(C)(C)C)c4)c4ccccc4c5c32)cc(C(C)(C)C)c1.ClC(Cl)Cl.ClC(Cl)Cl.ClC(Cl)Cl. The number of fused-ring (bicyclic) bond motifs is 10. The van der Waals surface area contributed by atoms with Gasteiger partial charge in [-0.3, -0.25) is 9.59 Å². The molecule has 11 heteroatoms. The van der Waals surface area contributed by atoms with Crippen LogP contribution in [0.4, 0.5) is 0 Å². The van der Waals surface area contributed by atoms with Crippen LogP contribution in [0.3, 0.4) is 0 Å². The summed E-state index contributed by atoms with van der Waals surface area (Å²) < 4.78 is -2.25.